The fraction of sp³-hybridized carbons (Fsp3) is 0.211. The van der Waals surface area contributed by atoms with E-state index in [0.29, 0.717) is 16.6 Å². The lowest BCUT2D eigenvalue weighted by Gasteiger charge is -2.19. The van der Waals surface area contributed by atoms with Crippen molar-refractivity contribution in [1.29, 1.82) is 0 Å². The van der Waals surface area contributed by atoms with E-state index in [0.717, 1.165) is 11.3 Å². The Morgan fingerprint density at radius 3 is 2.48 bits per heavy atom. The number of benzene rings is 1. The van der Waals surface area contributed by atoms with Crippen molar-refractivity contribution in [3.05, 3.63) is 87.3 Å². The highest BCUT2D eigenvalue weighted by Gasteiger charge is 2.13. The third-order valence-electron chi connectivity index (χ3n) is 3.96. The number of hydrogen-bond acceptors (Lipinski definition) is 4. The molecule has 1 atom stereocenters. The van der Waals surface area contributed by atoms with Crippen LogP contribution in [0.5, 0.6) is 5.75 Å². The van der Waals surface area contributed by atoms with Crippen molar-refractivity contribution in [1.82, 2.24) is 14.5 Å². The second-order valence-electron chi connectivity index (χ2n) is 5.72. The average molecular weight is 356 g/mol. The number of nitrogens with zero attached hydrogens (tertiary/aromatic N) is 3. The van der Waals surface area contributed by atoms with Gasteiger partial charge >= 0.3 is 0 Å². The first-order valence-electron chi connectivity index (χ1n) is 7.92. The highest BCUT2D eigenvalue weighted by molar-refractivity contribution is 6.30. The molecule has 0 bridgehead atoms. The number of hydrogen-bond donors (Lipinski definition) is 0. The van der Waals surface area contributed by atoms with E-state index in [1.54, 1.807) is 23.0 Å². The smallest absolute Gasteiger partial charge is 0.254 e. The Morgan fingerprint density at radius 1 is 1.16 bits per heavy atom. The molecule has 0 fully saturated rings. The molecule has 0 radical (unpaired) electrons. The van der Waals surface area contributed by atoms with Gasteiger partial charge in [-0.05, 0) is 43.7 Å². The lowest BCUT2D eigenvalue weighted by Crippen LogP contribution is -2.25. The van der Waals surface area contributed by atoms with Gasteiger partial charge in [-0.2, -0.15) is 0 Å². The van der Waals surface area contributed by atoms with E-state index in [4.69, 9.17) is 16.3 Å². The molecule has 0 unspecified atom stereocenters. The Bertz CT molecular complexity index is 908. The summed E-state index contributed by atoms with van der Waals surface area (Å²) in [6, 6.07) is 12.5. The summed E-state index contributed by atoms with van der Waals surface area (Å²) in [5.41, 5.74) is 1.71. The van der Waals surface area contributed by atoms with Crippen LogP contribution in [0.15, 0.2) is 59.7 Å². The minimum absolute atomic E-state index is 0.101. The van der Waals surface area contributed by atoms with E-state index < -0.39 is 0 Å². The summed E-state index contributed by atoms with van der Waals surface area (Å²) in [6.45, 7) is 4.09. The van der Waals surface area contributed by atoms with Gasteiger partial charge in [0.2, 0.25) is 0 Å². The molecular weight excluding hydrogens is 338 g/mol. The number of halogens is 1. The fourth-order valence-electron chi connectivity index (χ4n) is 2.70. The SMILES string of the molecule is Cc1cc(OCc2ncccn2)cc(=O)n1[C@H](C)c1ccc(Cl)cc1. The molecule has 0 spiro atoms. The summed E-state index contributed by atoms with van der Waals surface area (Å²) < 4.78 is 7.39. The summed E-state index contributed by atoms with van der Waals surface area (Å²) in [6.07, 6.45) is 3.31. The average Bonchev–Trinajstić information content (AvgIpc) is 2.61. The van der Waals surface area contributed by atoms with E-state index in [-0.39, 0.29) is 18.2 Å². The zero-order valence-corrected chi connectivity index (χ0v) is 14.8. The summed E-state index contributed by atoms with van der Waals surface area (Å²) in [7, 11) is 0. The van der Waals surface area contributed by atoms with Crippen molar-refractivity contribution >= 4 is 11.6 Å². The molecule has 3 rings (SSSR count). The Kier molecular flexibility index (Phi) is 5.14. The summed E-state index contributed by atoms with van der Waals surface area (Å²) in [4.78, 5) is 20.8. The minimum Gasteiger partial charge on any atom is -0.485 e. The monoisotopic (exact) mass is 355 g/mol. The second kappa shape index (κ2) is 7.49. The molecule has 5 nitrogen and oxygen atoms in total. The molecule has 0 aliphatic rings. The van der Waals surface area contributed by atoms with Crippen LogP contribution in [-0.2, 0) is 6.61 Å². The Labute approximate surface area is 150 Å². The van der Waals surface area contributed by atoms with Crippen molar-refractivity contribution in [3.8, 4) is 5.75 Å². The van der Waals surface area contributed by atoms with Gasteiger partial charge in [0.05, 0.1) is 6.04 Å². The number of rotatable bonds is 5. The normalized spacial score (nSPS) is 12.0. The molecule has 0 aliphatic carbocycles. The largest absolute Gasteiger partial charge is 0.485 e. The van der Waals surface area contributed by atoms with Crippen LogP contribution in [0.25, 0.3) is 0 Å². The zero-order valence-electron chi connectivity index (χ0n) is 14.0. The number of aromatic nitrogens is 3. The van der Waals surface area contributed by atoms with Crippen LogP contribution < -0.4 is 10.3 Å². The van der Waals surface area contributed by atoms with Crippen molar-refractivity contribution in [2.45, 2.75) is 26.5 Å². The highest BCUT2D eigenvalue weighted by Crippen LogP contribution is 2.22. The van der Waals surface area contributed by atoms with Gasteiger partial charge in [-0.1, -0.05) is 23.7 Å². The van der Waals surface area contributed by atoms with Gasteiger partial charge in [-0.25, -0.2) is 9.97 Å². The van der Waals surface area contributed by atoms with E-state index >= 15 is 0 Å². The van der Waals surface area contributed by atoms with Crippen LogP contribution in [0.3, 0.4) is 0 Å². The maximum absolute atomic E-state index is 12.6. The molecule has 0 amide bonds. The Balaban J connectivity index is 1.82. The van der Waals surface area contributed by atoms with Gasteiger partial charge in [-0.15, -0.1) is 0 Å². The van der Waals surface area contributed by atoms with Gasteiger partial charge in [0.25, 0.3) is 5.56 Å². The van der Waals surface area contributed by atoms with E-state index in [1.165, 1.54) is 6.07 Å². The fourth-order valence-corrected chi connectivity index (χ4v) is 2.83. The molecule has 0 saturated carbocycles. The van der Waals surface area contributed by atoms with Crippen LogP contribution in [0.4, 0.5) is 0 Å². The predicted octanol–water partition coefficient (Wildman–Crippen LogP) is 3.79. The molecule has 0 aliphatic heterocycles. The summed E-state index contributed by atoms with van der Waals surface area (Å²) in [5, 5.41) is 0.673. The highest BCUT2D eigenvalue weighted by atomic mass is 35.5. The van der Waals surface area contributed by atoms with Gasteiger partial charge in [0.15, 0.2) is 5.82 Å². The lowest BCUT2D eigenvalue weighted by atomic mass is 10.1. The van der Waals surface area contributed by atoms with Crippen LogP contribution in [-0.4, -0.2) is 14.5 Å². The van der Waals surface area contributed by atoms with Crippen LogP contribution in [0.1, 0.15) is 30.0 Å². The van der Waals surface area contributed by atoms with Gasteiger partial charge in [-0.3, -0.25) is 4.79 Å². The predicted molar refractivity (Wildman–Crippen MR) is 97.1 cm³/mol. The van der Waals surface area contributed by atoms with Crippen molar-refractivity contribution < 1.29 is 4.74 Å². The standard InChI is InChI=1S/C19H18ClN3O2/c1-13-10-17(25-12-18-21-8-3-9-22-18)11-19(24)23(13)14(2)15-4-6-16(20)7-5-15/h3-11,14H,12H2,1-2H3/t14-/m1/s1. The van der Waals surface area contributed by atoms with Gasteiger partial charge in [0, 0.05) is 29.2 Å². The molecule has 2 heterocycles. The zero-order chi connectivity index (χ0) is 17.8. The van der Waals surface area contributed by atoms with Crippen LogP contribution in [0.2, 0.25) is 5.02 Å². The third-order valence-corrected chi connectivity index (χ3v) is 4.21. The summed E-state index contributed by atoms with van der Waals surface area (Å²) in [5.74, 6) is 1.08. The number of aryl methyl sites for hydroxylation is 1. The van der Waals surface area contributed by atoms with Gasteiger partial charge in [0.1, 0.15) is 12.4 Å². The molecular formula is C19H18ClN3O2. The molecule has 25 heavy (non-hydrogen) atoms. The first kappa shape index (κ1) is 17.2. The minimum atomic E-state index is -0.119. The third kappa shape index (κ3) is 4.06. The first-order chi connectivity index (χ1) is 12.0. The first-order valence-corrected chi connectivity index (χ1v) is 8.30. The van der Waals surface area contributed by atoms with Crippen molar-refractivity contribution in [3.63, 3.8) is 0 Å². The van der Waals surface area contributed by atoms with Crippen LogP contribution in [0, 0.1) is 6.92 Å². The molecule has 1 aromatic carbocycles. The maximum Gasteiger partial charge on any atom is 0.254 e. The maximum atomic E-state index is 12.6. The molecule has 3 aromatic rings. The van der Waals surface area contributed by atoms with E-state index in [2.05, 4.69) is 9.97 Å². The van der Waals surface area contributed by atoms with Crippen molar-refractivity contribution in [2.75, 3.05) is 0 Å². The summed E-state index contributed by atoms with van der Waals surface area (Å²) >= 11 is 5.94. The van der Waals surface area contributed by atoms with E-state index in [9.17, 15) is 4.79 Å². The quantitative estimate of drug-likeness (QED) is 0.698. The Hall–Kier alpha value is -2.66. The topological polar surface area (TPSA) is 57.0 Å². The number of pyridine rings is 1. The second-order valence-corrected chi connectivity index (χ2v) is 6.16. The van der Waals surface area contributed by atoms with Crippen molar-refractivity contribution in [2.24, 2.45) is 0 Å². The number of ether oxygens (including phenoxy) is 1. The Morgan fingerprint density at radius 2 is 1.84 bits per heavy atom. The molecule has 0 saturated heterocycles. The molecule has 128 valence electrons. The van der Waals surface area contributed by atoms with Gasteiger partial charge < -0.3 is 9.30 Å². The molecule has 2 aromatic heterocycles. The molecule has 0 N–H and O–H groups in total. The molecule has 6 heteroatoms. The van der Waals surface area contributed by atoms with E-state index in [1.807, 2.05) is 44.2 Å². The lowest BCUT2D eigenvalue weighted by molar-refractivity contribution is 0.294. The van der Waals surface area contributed by atoms with Crippen LogP contribution >= 0.6 is 11.6 Å².